The standard InChI is InChI=1S/C28H23ClN4O/c29-21-9-7-11-23(19-21)31-28(34)30-22-10-6-8-20(18-22)16-17-27-32-25-14-4-5-15-26(25)33(27)24-12-2-1-3-13-24/h1-15,18-19H,16-17H2,(H2,30,31,34). The lowest BCUT2D eigenvalue weighted by molar-refractivity contribution is 0.262. The number of benzene rings is 4. The van der Waals surface area contributed by atoms with Gasteiger partial charge in [0.05, 0.1) is 11.0 Å². The average molecular weight is 467 g/mol. The van der Waals surface area contributed by atoms with Gasteiger partial charge in [0.25, 0.3) is 0 Å². The number of aromatic nitrogens is 2. The Hall–Kier alpha value is -4.09. The summed E-state index contributed by atoms with van der Waals surface area (Å²) in [6.45, 7) is 0. The third-order valence-corrected chi connectivity index (χ3v) is 5.78. The number of imidazole rings is 1. The van der Waals surface area contributed by atoms with Crippen molar-refractivity contribution in [1.82, 2.24) is 9.55 Å². The normalized spacial score (nSPS) is 10.9. The van der Waals surface area contributed by atoms with Crippen LogP contribution >= 0.6 is 11.6 Å². The van der Waals surface area contributed by atoms with E-state index in [2.05, 4.69) is 39.5 Å². The number of nitrogens with one attached hydrogen (secondary N) is 2. The number of halogens is 1. The second-order valence-electron chi connectivity index (χ2n) is 7.98. The Morgan fingerprint density at radius 2 is 1.47 bits per heavy atom. The first-order valence-electron chi connectivity index (χ1n) is 11.1. The number of hydrogen-bond donors (Lipinski definition) is 2. The molecule has 4 aromatic carbocycles. The zero-order valence-electron chi connectivity index (χ0n) is 18.4. The van der Waals surface area contributed by atoms with Gasteiger partial charge in [-0.15, -0.1) is 0 Å². The van der Waals surface area contributed by atoms with Crippen molar-refractivity contribution in [2.45, 2.75) is 12.8 Å². The summed E-state index contributed by atoms with van der Waals surface area (Å²) in [6.07, 6.45) is 1.56. The Kier molecular flexibility index (Phi) is 6.27. The Morgan fingerprint density at radius 1 is 0.765 bits per heavy atom. The van der Waals surface area contributed by atoms with Gasteiger partial charge in [0.2, 0.25) is 0 Å². The lowest BCUT2D eigenvalue weighted by Crippen LogP contribution is -2.19. The van der Waals surface area contributed by atoms with Gasteiger partial charge in [-0.2, -0.15) is 0 Å². The molecule has 1 aromatic heterocycles. The van der Waals surface area contributed by atoms with E-state index in [4.69, 9.17) is 16.6 Å². The average Bonchev–Trinajstić information content (AvgIpc) is 3.22. The fourth-order valence-corrected chi connectivity index (χ4v) is 4.22. The van der Waals surface area contributed by atoms with Crippen molar-refractivity contribution in [3.05, 3.63) is 120 Å². The second-order valence-corrected chi connectivity index (χ2v) is 8.41. The molecule has 5 aromatic rings. The lowest BCUT2D eigenvalue weighted by atomic mass is 10.1. The van der Waals surface area contributed by atoms with Crippen molar-refractivity contribution in [3.8, 4) is 5.69 Å². The van der Waals surface area contributed by atoms with Crippen molar-refractivity contribution < 1.29 is 4.79 Å². The highest BCUT2D eigenvalue weighted by atomic mass is 35.5. The van der Waals surface area contributed by atoms with Gasteiger partial charge < -0.3 is 10.6 Å². The minimum Gasteiger partial charge on any atom is -0.308 e. The van der Waals surface area contributed by atoms with Crippen LogP contribution in [0.15, 0.2) is 103 Å². The maximum absolute atomic E-state index is 12.4. The molecule has 0 fully saturated rings. The van der Waals surface area contributed by atoms with Crippen LogP contribution in [0.1, 0.15) is 11.4 Å². The van der Waals surface area contributed by atoms with E-state index in [1.54, 1.807) is 24.3 Å². The van der Waals surface area contributed by atoms with E-state index in [-0.39, 0.29) is 6.03 Å². The fraction of sp³-hybridized carbons (Fsp3) is 0.0714. The number of rotatable bonds is 6. The molecule has 5 rings (SSSR count). The minimum absolute atomic E-state index is 0.315. The van der Waals surface area contributed by atoms with Gasteiger partial charge >= 0.3 is 6.03 Å². The van der Waals surface area contributed by atoms with Gasteiger partial charge in [0.15, 0.2) is 0 Å². The zero-order valence-corrected chi connectivity index (χ0v) is 19.2. The van der Waals surface area contributed by atoms with Crippen LogP contribution < -0.4 is 10.6 Å². The first-order chi connectivity index (χ1) is 16.7. The maximum atomic E-state index is 12.4. The summed E-state index contributed by atoms with van der Waals surface area (Å²) in [7, 11) is 0. The molecule has 2 amide bonds. The van der Waals surface area contributed by atoms with E-state index in [1.165, 1.54) is 0 Å². The first kappa shape index (κ1) is 21.7. The molecular formula is C28H23ClN4O. The van der Waals surface area contributed by atoms with Gasteiger partial charge in [-0.3, -0.25) is 4.57 Å². The number of carbonyl (C=O) groups is 1. The molecule has 6 heteroatoms. The van der Waals surface area contributed by atoms with Crippen molar-refractivity contribution in [2.75, 3.05) is 10.6 Å². The molecule has 1 heterocycles. The highest BCUT2D eigenvalue weighted by Crippen LogP contribution is 2.23. The van der Waals surface area contributed by atoms with E-state index < -0.39 is 0 Å². The number of amides is 2. The molecule has 2 N–H and O–H groups in total. The summed E-state index contributed by atoms with van der Waals surface area (Å²) in [5.74, 6) is 1.00. The molecule has 0 spiro atoms. The van der Waals surface area contributed by atoms with Crippen molar-refractivity contribution in [1.29, 1.82) is 0 Å². The van der Waals surface area contributed by atoms with Crippen LogP contribution in [0.5, 0.6) is 0 Å². The predicted octanol–water partition coefficient (Wildman–Crippen LogP) is 7.11. The molecule has 0 aliphatic carbocycles. The predicted molar refractivity (Wildman–Crippen MR) is 139 cm³/mol. The molecular weight excluding hydrogens is 444 g/mol. The van der Waals surface area contributed by atoms with E-state index in [0.29, 0.717) is 10.7 Å². The molecule has 0 saturated heterocycles. The van der Waals surface area contributed by atoms with Gasteiger partial charge in [0.1, 0.15) is 5.82 Å². The van der Waals surface area contributed by atoms with Crippen molar-refractivity contribution in [3.63, 3.8) is 0 Å². The first-order valence-corrected chi connectivity index (χ1v) is 11.5. The van der Waals surface area contributed by atoms with Crippen LogP contribution in [0.25, 0.3) is 16.7 Å². The van der Waals surface area contributed by atoms with E-state index >= 15 is 0 Å². The third-order valence-electron chi connectivity index (χ3n) is 5.55. The summed E-state index contributed by atoms with van der Waals surface area (Å²) in [5, 5.41) is 6.27. The Bertz CT molecular complexity index is 1450. The molecule has 5 nitrogen and oxygen atoms in total. The Morgan fingerprint density at radius 3 is 2.26 bits per heavy atom. The highest BCUT2D eigenvalue weighted by Gasteiger charge is 2.12. The Balaban J connectivity index is 1.32. The number of fused-ring (bicyclic) bond motifs is 1. The number of carbonyl (C=O) groups excluding carboxylic acids is 1. The lowest BCUT2D eigenvalue weighted by Gasteiger charge is -2.11. The van der Waals surface area contributed by atoms with E-state index in [9.17, 15) is 4.79 Å². The number of nitrogens with zero attached hydrogens (tertiary/aromatic N) is 2. The molecule has 0 radical (unpaired) electrons. The molecule has 0 atom stereocenters. The topological polar surface area (TPSA) is 59.0 Å². The van der Waals surface area contributed by atoms with Crippen LogP contribution in [0.3, 0.4) is 0 Å². The van der Waals surface area contributed by atoms with Gasteiger partial charge in [-0.1, -0.05) is 60.1 Å². The van der Waals surface area contributed by atoms with Gasteiger partial charge in [-0.25, -0.2) is 9.78 Å². The number of anilines is 2. The van der Waals surface area contributed by atoms with Crippen LogP contribution in [-0.2, 0) is 12.8 Å². The van der Waals surface area contributed by atoms with Crippen molar-refractivity contribution >= 4 is 40.0 Å². The summed E-state index contributed by atoms with van der Waals surface area (Å²) in [6, 6.07) is 33.1. The zero-order chi connectivity index (χ0) is 23.3. The molecule has 0 aliphatic rings. The summed E-state index contributed by atoms with van der Waals surface area (Å²) in [5.41, 5.74) is 5.66. The highest BCUT2D eigenvalue weighted by molar-refractivity contribution is 6.30. The third kappa shape index (κ3) is 4.95. The van der Waals surface area contributed by atoms with Gasteiger partial charge in [-0.05, 0) is 66.6 Å². The van der Waals surface area contributed by atoms with Crippen LogP contribution in [0.4, 0.5) is 16.2 Å². The van der Waals surface area contributed by atoms with E-state index in [1.807, 2.05) is 54.6 Å². The van der Waals surface area contributed by atoms with Crippen molar-refractivity contribution in [2.24, 2.45) is 0 Å². The molecule has 0 unspecified atom stereocenters. The summed E-state index contributed by atoms with van der Waals surface area (Å²) >= 11 is 5.99. The number of para-hydroxylation sites is 3. The summed E-state index contributed by atoms with van der Waals surface area (Å²) in [4.78, 5) is 17.3. The quantitative estimate of drug-likeness (QED) is 0.280. The SMILES string of the molecule is O=C(Nc1cccc(Cl)c1)Nc1cccc(CCc2nc3ccccc3n2-c2ccccc2)c1. The molecule has 168 valence electrons. The fourth-order valence-electron chi connectivity index (χ4n) is 4.03. The molecule has 0 saturated carbocycles. The van der Waals surface area contributed by atoms with Crippen LogP contribution in [-0.4, -0.2) is 15.6 Å². The molecule has 0 aliphatic heterocycles. The molecule has 0 bridgehead atoms. The van der Waals surface area contributed by atoms with Gasteiger partial charge in [0, 0.05) is 28.5 Å². The van der Waals surface area contributed by atoms with Crippen LogP contribution in [0, 0.1) is 0 Å². The number of hydrogen-bond acceptors (Lipinski definition) is 2. The second kappa shape index (κ2) is 9.81. The summed E-state index contributed by atoms with van der Waals surface area (Å²) < 4.78 is 2.22. The monoisotopic (exact) mass is 466 g/mol. The largest absolute Gasteiger partial charge is 0.323 e. The van der Waals surface area contributed by atoms with E-state index in [0.717, 1.165) is 46.6 Å². The Labute approximate surface area is 203 Å². The smallest absolute Gasteiger partial charge is 0.308 e. The van der Waals surface area contributed by atoms with Crippen LogP contribution in [0.2, 0.25) is 5.02 Å². The number of urea groups is 1. The number of aryl methyl sites for hydroxylation is 2. The minimum atomic E-state index is -0.315. The molecule has 34 heavy (non-hydrogen) atoms. The maximum Gasteiger partial charge on any atom is 0.323 e.